The van der Waals surface area contributed by atoms with Crippen LogP contribution >= 0.6 is 0 Å². The van der Waals surface area contributed by atoms with Gasteiger partial charge in [0, 0.05) is 65.0 Å². The third-order valence-corrected chi connectivity index (χ3v) is 18.5. The van der Waals surface area contributed by atoms with E-state index in [0.717, 1.165) is 72.7 Å². The van der Waals surface area contributed by atoms with Gasteiger partial charge in [0.1, 0.15) is 0 Å². The van der Waals surface area contributed by atoms with Crippen molar-refractivity contribution in [2.45, 2.75) is 19.3 Å². The van der Waals surface area contributed by atoms with Gasteiger partial charge in [-0.15, -0.1) is 0 Å². The summed E-state index contributed by atoms with van der Waals surface area (Å²) < 4.78 is 0. The number of nitrogens with zero attached hydrogens (tertiary/aromatic N) is 3. The molecule has 16 aromatic carbocycles. The van der Waals surface area contributed by atoms with Crippen molar-refractivity contribution in [2.24, 2.45) is 0 Å². The van der Waals surface area contributed by atoms with Crippen molar-refractivity contribution in [2.75, 3.05) is 14.7 Å². The van der Waals surface area contributed by atoms with Gasteiger partial charge in [-0.2, -0.15) is 0 Å². The van der Waals surface area contributed by atoms with Crippen molar-refractivity contribution in [1.29, 1.82) is 0 Å². The zero-order valence-corrected chi connectivity index (χ0v) is 47.8. The maximum Gasteiger partial charge on any atom is 0.0620 e. The van der Waals surface area contributed by atoms with Gasteiger partial charge in [0.15, 0.2) is 0 Å². The molecular weight excluding hydrogens is 1040 g/mol. The molecule has 0 saturated carbocycles. The Bertz CT molecular complexity index is 5170. The lowest BCUT2D eigenvalue weighted by atomic mass is 9.81. The van der Waals surface area contributed by atoms with Crippen LogP contribution in [-0.2, 0) is 5.41 Å². The number of hydrogen-bond donors (Lipinski definition) is 0. The van der Waals surface area contributed by atoms with Crippen molar-refractivity contribution in [3.8, 4) is 11.1 Å². The lowest BCUT2D eigenvalue weighted by Gasteiger charge is -2.35. The van der Waals surface area contributed by atoms with Crippen molar-refractivity contribution < 1.29 is 0 Å². The molecular formula is C83H57N3. The van der Waals surface area contributed by atoms with Gasteiger partial charge in [-0.3, -0.25) is 0 Å². The van der Waals surface area contributed by atoms with Gasteiger partial charge in [0.25, 0.3) is 0 Å². The third-order valence-electron chi connectivity index (χ3n) is 18.5. The molecule has 0 radical (unpaired) electrons. The summed E-state index contributed by atoms with van der Waals surface area (Å²) in [6, 6.07) is 115. The topological polar surface area (TPSA) is 9.72 Å². The quantitative estimate of drug-likeness (QED) is 0.105. The molecule has 16 aromatic rings. The van der Waals surface area contributed by atoms with E-state index in [1.54, 1.807) is 0 Å². The van der Waals surface area contributed by atoms with Crippen molar-refractivity contribution >= 4 is 137 Å². The minimum atomic E-state index is -0.435. The first kappa shape index (κ1) is 49.6. The third kappa shape index (κ3) is 7.61. The maximum atomic E-state index is 2.60. The van der Waals surface area contributed by atoms with E-state index >= 15 is 0 Å². The number of anilines is 9. The molecule has 0 spiro atoms. The Hall–Kier alpha value is -11.0. The fraction of sp³-hybridized carbons (Fsp3) is 0.0361. The molecule has 3 heteroatoms. The summed E-state index contributed by atoms with van der Waals surface area (Å²) in [5, 5.41) is 18.9. The smallest absolute Gasteiger partial charge is 0.0620 e. The first-order valence-electron chi connectivity index (χ1n) is 29.9. The first-order chi connectivity index (χ1) is 42.5. The van der Waals surface area contributed by atoms with Crippen LogP contribution in [0.4, 0.5) is 51.2 Å². The van der Waals surface area contributed by atoms with Crippen LogP contribution < -0.4 is 14.7 Å². The Morgan fingerprint density at radius 2 is 0.477 bits per heavy atom. The van der Waals surface area contributed by atoms with Crippen molar-refractivity contribution in [3.63, 3.8) is 0 Å². The van der Waals surface area contributed by atoms with Crippen LogP contribution in [0.5, 0.6) is 0 Å². The van der Waals surface area contributed by atoms with Crippen LogP contribution in [0, 0.1) is 0 Å². The largest absolute Gasteiger partial charge is 0.309 e. The molecule has 0 amide bonds. The second-order valence-corrected chi connectivity index (χ2v) is 23.5. The Balaban J connectivity index is 1.01. The number of rotatable bonds is 9. The minimum absolute atomic E-state index is 0.435. The van der Waals surface area contributed by atoms with E-state index in [-0.39, 0.29) is 0 Å². The van der Waals surface area contributed by atoms with Gasteiger partial charge in [-0.1, -0.05) is 263 Å². The van der Waals surface area contributed by atoms with E-state index < -0.39 is 5.41 Å². The fourth-order valence-electron chi connectivity index (χ4n) is 14.5. The predicted molar refractivity (Wildman–Crippen MR) is 368 cm³/mol. The number of hydrogen-bond acceptors (Lipinski definition) is 3. The highest BCUT2D eigenvalue weighted by Crippen LogP contribution is 2.59. The van der Waals surface area contributed by atoms with E-state index in [4.69, 9.17) is 0 Å². The molecule has 0 aromatic heterocycles. The zero-order chi connectivity index (χ0) is 57.0. The van der Waals surface area contributed by atoms with Crippen molar-refractivity contribution in [1.82, 2.24) is 0 Å². The fourth-order valence-corrected chi connectivity index (χ4v) is 14.5. The number of benzene rings is 16. The summed E-state index contributed by atoms with van der Waals surface area (Å²) >= 11 is 0. The predicted octanol–water partition coefficient (Wildman–Crippen LogP) is 23.6. The van der Waals surface area contributed by atoms with Crippen LogP contribution in [0.15, 0.2) is 309 Å². The lowest BCUT2D eigenvalue weighted by Crippen LogP contribution is -2.18. The van der Waals surface area contributed by atoms with Crippen LogP contribution in [0.1, 0.15) is 25.0 Å². The van der Waals surface area contributed by atoms with Crippen LogP contribution in [0.2, 0.25) is 0 Å². The highest BCUT2D eigenvalue weighted by molar-refractivity contribution is 6.27. The Kier molecular flexibility index (Phi) is 11.3. The van der Waals surface area contributed by atoms with E-state index in [2.05, 4.69) is 338 Å². The van der Waals surface area contributed by atoms with E-state index in [9.17, 15) is 0 Å². The SMILES string of the molecule is CC1(C)c2cc(N(c3cccc4ccccc34)c3cccc4ccccc34)ccc2-c2cc3c(N(c4cccc5ccccc45)c4cccc5ccccc45)c4ccccc4c(N(c4cccc5ccccc45)c4cccc5ccccc45)c3cc21. The molecule has 17 rings (SSSR count). The summed E-state index contributed by atoms with van der Waals surface area (Å²) in [6.45, 7) is 4.89. The average molecular weight is 1100 g/mol. The van der Waals surface area contributed by atoms with E-state index in [1.165, 1.54) is 86.9 Å². The summed E-state index contributed by atoms with van der Waals surface area (Å²) in [5.74, 6) is 0. The van der Waals surface area contributed by atoms with Crippen molar-refractivity contribution in [3.05, 3.63) is 321 Å². The number of fused-ring (bicyclic) bond motifs is 11. The second kappa shape index (κ2) is 19.6. The summed E-state index contributed by atoms with van der Waals surface area (Å²) in [6.07, 6.45) is 0. The lowest BCUT2D eigenvalue weighted by molar-refractivity contribution is 0.661. The first-order valence-corrected chi connectivity index (χ1v) is 29.9. The molecule has 1 aliphatic rings. The van der Waals surface area contributed by atoms with Crippen LogP contribution in [-0.4, -0.2) is 0 Å². The molecule has 0 atom stereocenters. The summed E-state index contributed by atoms with van der Waals surface area (Å²) in [5.41, 5.74) is 14.8. The van der Waals surface area contributed by atoms with Gasteiger partial charge in [0.05, 0.1) is 45.5 Å². The van der Waals surface area contributed by atoms with E-state index in [1.807, 2.05) is 0 Å². The standard InChI is InChI=1S/C83H57N3/c1-83(2)73-51-60(84(75-43-17-29-54-23-3-9-35-61(54)75)76-44-18-30-55-24-4-10-36-62(55)76)49-50-67(73)70-52-71-72(53-74(70)83)82(86(79-47-21-33-58-27-7-13-39-65(58)79)80-48-22-34-59-28-8-14-40-66(59)80)69-42-16-15-41-68(69)81(71)85(77-45-19-31-56-25-5-11-37-63(56)77)78-46-20-32-57-26-6-12-38-64(57)78/h3-53H,1-2H3. The highest BCUT2D eigenvalue weighted by atomic mass is 15.2. The molecule has 86 heavy (non-hydrogen) atoms. The van der Waals surface area contributed by atoms with Crippen LogP contribution in [0.25, 0.3) is 97.3 Å². The highest BCUT2D eigenvalue weighted by Gasteiger charge is 2.39. The van der Waals surface area contributed by atoms with Crippen LogP contribution in [0.3, 0.4) is 0 Å². The maximum absolute atomic E-state index is 2.60. The minimum Gasteiger partial charge on any atom is -0.309 e. The second-order valence-electron chi connectivity index (χ2n) is 23.5. The molecule has 0 unspecified atom stereocenters. The Labute approximate surface area is 500 Å². The molecule has 1 aliphatic carbocycles. The van der Waals surface area contributed by atoms with Gasteiger partial charge < -0.3 is 14.7 Å². The summed E-state index contributed by atoms with van der Waals surface area (Å²) in [7, 11) is 0. The molecule has 0 N–H and O–H groups in total. The average Bonchev–Trinajstić information content (AvgIpc) is 1.35. The molecule has 404 valence electrons. The molecule has 3 nitrogen and oxygen atoms in total. The van der Waals surface area contributed by atoms with Gasteiger partial charge in [0.2, 0.25) is 0 Å². The zero-order valence-electron chi connectivity index (χ0n) is 47.8. The Morgan fingerprint density at radius 1 is 0.209 bits per heavy atom. The van der Waals surface area contributed by atoms with Gasteiger partial charge in [-0.05, 0) is 115 Å². The Morgan fingerprint density at radius 3 is 0.814 bits per heavy atom. The molecule has 0 saturated heterocycles. The molecule has 0 fully saturated rings. The summed E-state index contributed by atoms with van der Waals surface area (Å²) in [4.78, 5) is 7.70. The normalized spacial score (nSPS) is 12.6. The molecule has 0 bridgehead atoms. The monoisotopic (exact) mass is 1100 g/mol. The molecule has 0 heterocycles. The molecule has 0 aliphatic heterocycles. The van der Waals surface area contributed by atoms with Gasteiger partial charge in [-0.25, -0.2) is 0 Å². The van der Waals surface area contributed by atoms with E-state index in [0.29, 0.717) is 0 Å². The van der Waals surface area contributed by atoms with Gasteiger partial charge >= 0.3 is 0 Å².